The van der Waals surface area contributed by atoms with E-state index in [4.69, 9.17) is 0 Å². The van der Waals surface area contributed by atoms with Crippen LogP contribution >= 0.6 is 0 Å². The first-order valence-corrected chi connectivity index (χ1v) is 8.55. The van der Waals surface area contributed by atoms with Gasteiger partial charge in [-0.3, -0.25) is 9.48 Å². The fraction of sp³-hybridized carbons (Fsp3) is 0.421. The van der Waals surface area contributed by atoms with Gasteiger partial charge in [0.05, 0.1) is 18.3 Å². The van der Waals surface area contributed by atoms with Crippen molar-refractivity contribution in [2.45, 2.75) is 51.5 Å². The highest BCUT2D eigenvalue weighted by molar-refractivity contribution is 5.92. The molecule has 0 saturated carbocycles. The summed E-state index contributed by atoms with van der Waals surface area (Å²) in [4.78, 5) is 23.5. The van der Waals surface area contributed by atoms with E-state index in [9.17, 15) is 14.7 Å². The number of benzene rings is 1. The second-order valence-electron chi connectivity index (χ2n) is 7.07. The van der Waals surface area contributed by atoms with Crippen molar-refractivity contribution in [1.82, 2.24) is 9.78 Å². The highest BCUT2D eigenvalue weighted by Crippen LogP contribution is 2.23. The van der Waals surface area contributed by atoms with Crippen molar-refractivity contribution >= 4 is 17.6 Å². The molecule has 3 rings (SSSR count). The third-order valence-electron chi connectivity index (χ3n) is 4.74. The van der Waals surface area contributed by atoms with Crippen molar-refractivity contribution in [2.24, 2.45) is 0 Å². The predicted molar refractivity (Wildman–Crippen MR) is 94.6 cm³/mol. The van der Waals surface area contributed by atoms with Gasteiger partial charge in [0.2, 0.25) is 5.91 Å². The van der Waals surface area contributed by atoms with Crippen LogP contribution in [0, 0.1) is 0 Å². The topological polar surface area (TPSA) is 84.2 Å². The predicted octanol–water partition coefficient (Wildman–Crippen LogP) is 2.76. The van der Waals surface area contributed by atoms with E-state index in [1.807, 2.05) is 6.07 Å². The lowest BCUT2D eigenvalue weighted by Crippen LogP contribution is -2.35. The van der Waals surface area contributed by atoms with Crippen LogP contribution in [0.15, 0.2) is 30.6 Å². The maximum Gasteiger partial charge on any atom is 0.331 e. The zero-order valence-corrected chi connectivity index (χ0v) is 14.6. The van der Waals surface area contributed by atoms with Crippen LogP contribution in [0.3, 0.4) is 0 Å². The Morgan fingerprint density at radius 1 is 1.24 bits per heavy atom. The molecule has 1 heterocycles. The number of hydrogen-bond acceptors (Lipinski definition) is 3. The molecule has 2 aromatic rings. The number of hydrogen-bond donors (Lipinski definition) is 2. The van der Waals surface area contributed by atoms with Crippen molar-refractivity contribution in [3.63, 3.8) is 0 Å². The van der Waals surface area contributed by atoms with Crippen molar-refractivity contribution in [1.29, 1.82) is 0 Å². The first-order valence-electron chi connectivity index (χ1n) is 8.55. The average molecular weight is 341 g/mol. The van der Waals surface area contributed by atoms with E-state index in [1.165, 1.54) is 34.8 Å². The van der Waals surface area contributed by atoms with Crippen LogP contribution in [0.2, 0.25) is 0 Å². The van der Waals surface area contributed by atoms with Gasteiger partial charge in [-0.25, -0.2) is 4.79 Å². The monoisotopic (exact) mass is 341 g/mol. The van der Waals surface area contributed by atoms with Gasteiger partial charge in [-0.1, -0.05) is 18.2 Å². The number of anilines is 1. The normalized spacial score (nSPS) is 14.0. The molecule has 25 heavy (non-hydrogen) atoms. The molecule has 1 aromatic carbocycles. The molecular formula is C19H23N3O3. The molecule has 1 aliphatic rings. The molecule has 0 spiro atoms. The Bertz CT molecular complexity index is 808. The molecule has 0 fully saturated rings. The largest absolute Gasteiger partial charge is 0.479 e. The number of carboxylic acids is 1. The molecule has 0 saturated heterocycles. The minimum absolute atomic E-state index is 0.136. The van der Waals surface area contributed by atoms with E-state index in [-0.39, 0.29) is 5.91 Å². The molecule has 0 radical (unpaired) electrons. The molecule has 132 valence electrons. The van der Waals surface area contributed by atoms with Crippen molar-refractivity contribution in [3.8, 4) is 0 Å². The number of amides is 1. The summed E-state index contributed by atoms with van der Waals surface area (Å²) in [6.45, 7) is 3.11. The molecule has 2 N–H and O–H groups in total. The quantitative estimate of drug-likeness (QED) is 0.876. The lowest BCUT2D eigenvalue weighted by Gasteiger charge is -2.19. The number of carbonyl (C=O) groups excluding carboxylic acids is 1. The van der Waals surface area contributed by atoms with Crippen molar-refractivity contribution < 1.29 is 14.7 Å². The van der Waals surface area contributed by atoms with Gasteiger partial charge < -0.3 is 10.4 Å². The Hall–Kier alpha value is -2.63. The highest BCUT2D eigenvalue weighted by atomic mass is 16.4. The maximum atomic E-state index is 12.3. The first kappa shape index (κ1) is 17.2. The zero-order chi connectivity index (χ0) is 18.0. The van der Waals surface area contributed by atoms with E-state index >= 15 is 0 Å². The summed E-state index contributed by atoms with van der Waals surface area (Å²) in [7, 11) is 0. The Morgan fingerprint density at radius 3 is 2.68 bits per heavy atom. The summed E-state index contributed by atoms with van der Waals surface area (Å²) in [6.07, 6.45) is 7.96. The summed E-state index contributed by atoms with van der Waals surface area (Å²) in [6, 6.07) is 6.27. The van der Waals surface area contributed by atoms with E-state index in [2.05, 4.69) is 22.5 Å². The first-order chi connectivity index (χ1) is 11.9. The van der Waals surface area contributed by atoms with Crippen LogP contribution in [0.1, 0.15) is 43.4 Å². The second-order valence-corrected chi connectivity index (χ2v) is 7.07. The smallest absolute Gasteiger partial charge is 0.331 e. The van der Waals surface area contributed by atoms with Crippen molar-refractivity contribution in [2.75, 3.05) is 5.32 Å². The number of nitrogens with one attached hydrogen (secondary N) is 1. The Labute approximate surface area is 146 Å². The molecule has 1 amide bonds. The molecular weight excluding hydrogens is 318 g/mol. The minimum atomic E-state index is -1.17. The van der Waals surface area contributed by atoms with Gasteiger partial charge in [-0.2, -0.15) is 5.10 Å². The van der Waals surface area contributed by atoms with Gasteiger partial charge >= 0.3 is 5.97 Å². The van der Waals surface area contributed by atoms with Crippen LogP contribution in [0.25, 0.3) is 0 Å². The lowest BCUT2D eigenvalue weighted by molar-refractivity contribution is -0.146. The number of carbonyl (C=O) groups is 2. The van der Waals surface area contributed by atoms with Crippen LogP contribution < -0.4 is 5.32 Å². The van der Waals surface area contributed by atoms with Gasteiger partial charge in [-0.15, -0.1) is 0 Å². The zero-order valence-electron chi connectivity index (χ0n) is 14.6. The SMILES string of the molecule is CC(C)(C(=O)O)n1cc(NC(=O)Cc2ccc3c(c2)CCCC3)cn1. The van der Waals surface area contributed by atoms with E-state index < -0.39 is 11.5 Å². The molecule has 0 bridgehead atoms. The summed E-state index contributed by atoms with van der Waals surface area (Å²) >= 11 is 0. The molecule has 0 atom stereocenters. The standard InChI is InChI=1S/C19H23N3O3/c1-19(2,18(24)25)22-12-16(11-20-22)21-17(23)10-13-7-8-14-5-3-4-6-15(14)9-13/h7-9,11-12H,3-6,10H2,1-2H3,(H,21,23)(H,24,25). The third-order valence-corrected chi connectivity index (χ3v) is 4.74. The number of rotatable bonds is 5. The van der Waals surface area contributed by atoms with Crippen LogP contribution in [0.4, 0.5) is 5.69 Å². The Balaban J connectivity index is 1.65. The Kier molecular flexibility index (Phi) is 4.61. The number of aromatic nitrogens is 2. The maximum absolute atomic E-state index is 12.3. The molecule has 6 nitrogen and oxygen atoms in total. The van der Waals surface area contributed by atoms with Crippen LogP contribution in [0.5, 0.6) is 0 Å². The minimum Gasteiger partial charge on any atom is -0.479 e. The van der Waals surface area contributed by atoms with Gasteiger partial charge in [-0.05, 0) is 56.2 Å². The fourth-order valence-corrected chi connectivity index (χ4v) is 3.08. The third kappa shape index (κ3) is 3.73. The molecule has 0 aliphatic heterocycles. The second kappa shape index (κ2) is 6.70. The van der Waals surface area contributed by atoms with Crippen LogP contribution in [-0.2, 0) is 34.4 Å². The molecule has 6 heteroatoms. The van der Waals surface area contributed by atoms with Gasteiger partial charge in [0.1, 0.15) is 0 Å². The molecule has 1 aliphatic carbocycles. The summed E-state index contributed by atoms with van der Waals surface area (Å²) in [5.74, 6) is -1.12. The molecule has 0 unspecified atom stereocenters. The number of aryl methyl sites for hydroxylation is 2. The van der Waals surface area contributed by atoms with Gasteiger partial charge in [0.25, 0.3) is 0 Å². The van der Waals surface area contributed by atoms with E-state index in [0.717, 1.165) is 18.4 Å². The lowest BCUT2D eigenvalue weighted by atomic mass is 9.90. The number of nitrogens with zero attached hydrogens (tertiary/aromatic N) is 2. The van der Waals surface area contributed by atoms with Crippen LogP contribution in [-0.4, -0.2) is 26.8 Å². The van der Waals surface area contributed by atoms with Gasteiger partial charge in [0.15, 0.2) is 5.54 Å². The fourth-order valence-electron chi connectivity index (χ4n) is 3.08. The Morgan fingerprint density at radius 2 is 1.96 bits per heavy atom. The summed E-state index contributed by atoms with van der Waals surface area (Å²) in [5, 5.41) is 16.1. The average Bonchev–Trinajstić information content (AvgIpc) is 3.03. The summed E-state index contributed by atoms with van der Waals surface area (Å²) < 4.78 is 1.34. The van der Waals surface area contributed by atoms with Gasteiger partial charge in [0, 0.05) is 6.20 Å². The van der Waals surface area contributed by atoms with Crippen molar-refractivity contribution in [3.05, 3.63) is 47.3 Å². The number of carboxylic acid groups (broad SMARTS) is 1. The van der Waals surface area contributed by atoms with E-state index in [0.29, 0.717) is 12.1 Å². The number of aliphatic carboxylic acids is 1. The van der Waals surface area contributed by atoms with E-state index in [1.54, 1.807) is 20.0 Å². The molecule has 1 aromatic heterocycles. The number of fused-ring (bicyclic) bond motifs is 1. The highest BCUT2D eigenvalue weighted by Gasteiger charge is 2.30. The summed E-state index contributed by atoms with van der Waals surface area (Å²) in [5.41, 5.74) is 3.08.